The van der Waals surface area contributed by atoms with E-state index in [-0.39, 0.29) is 30.7 Å². The van der Waals surface area contributed by atoms with E-state index >= 15 is 0 Å². The highest BCUT2D eigenvalue weighted by molar-refractivity contribution is 5.90. The molecule has 0 spiro atoms. The van der Waals surface area contributed by atoms with Crippen molar-refractivity contribution in [3.8, 4) is 0 Å². The minimum atomic E-state index is -0.349. The molecule has 2 aromatic carbocycles. The Kier molecular flexibility index (Phi) is 7.76. The molecule has 0 aliphatic heterocycles. The number of rotatable bonds is 9. The van der Waals surface area contributed by atoms with Crippen LogP contribution in [0.4, 0.5) is 10.1 Å². The van der Waals surface area contributed by atoms with Gasteiger partial charge in [0.15, 0.2) is 0 Å². The maximum atomic E-state index is 13.1. The number of halogens is 1. The lowest BCUT2D eigenvalue weighted by Crippen LogP contribution is -2.33. The summed E-state index contributed by atoms with van der Waals surface area (Å²) in [4.78, 5) is 25.7. The van der Waals surface area contributed by atoms with E-state index in [9.17, 15) is 14.0 Å². The first-order valence-corrected chi connectivity index (χ1v) is 8.54. The van der Waals surface area contributed by atoms with E-state index in [1.165, 1.54) is 12.1 Å². The first-order valence-electron chi connectivity index (χ1n) is 8.54. The molecule has 1 amide bonds. The quantitative estimate of drug-likeness (QED) is 0.699. The molecule has 0 radical (unpaired) electrons. The van der Waals surface area contributed by atoms with Crippen molar-refractivity contribution in [2.24, 2.45) is 0 Å². The van der Waals surface area contributed by atoms with Gasteiger partial charge in [-0.1, -0.05) is 30.3 Å². The number of amides is 1. The van der Waals surface area contributed by atoms with Crippen molar-refractivity contribution in [1.29, 1.82) is 0 Å². The predicted octanol–water partition coefficient (Wildman–Crippen LogP) is 3.22. The van der Waals surface area contributed by atoms with Crippen molar-refractivity contribution in [3.63, 3.8) is 0 Å². The Morgan fingerprint density at radius 2 is 1.77 bits per heavy atom. The first-order chi connectivity index (χ1) is 12.6. The first kappa shape index (κ1) is 19.6. The summed E-state index contributed by atoms with van der Waals surface area (Å²) in [5.74, 6) is -0.796. The van der Waals surface area contributed by atoms with Gasteiger partial charge in [-0.3, -0.25) is 14.5 Å². The maximum Gasteiger partial charge on any atom is 0.320 e. The zero-order valence-electron chi connectivity index (χ0n) is 14.8. The highest BCUT2D eigenvalue weighted by atomic mass is 19.1. The second kappa shape index (κ2) is 10.3. The fourth-order valence-electron chi connectivity index (χ4n) is 2.46. The molecule has 26 heavy (non-hydrogen) atoms. The van der Waals surface area contributed by atoms with E-state index in [1.807, 2.05) is 35.2 Å². The molecule has 0 fully saturated rings. The van der Waals surface area contributed by atoms with Crippen molar-refractivity contribution < 1.29 is 18.7 Å². The third-order valence-corrected chi connectivity index (χ3v) is 3.69. The van der Waals surface area contributed by atoms with Crippen molar-refractivity contribution in [3.05, 3.63) is 66.0 Å². The summed E-state index contributed by atoms with van der Waals surface area (Å²) in [6.07, 6.45) is 0.232. The second-order valence-corrected chi connectivity index (χ2v) is 5.81. The third kappa shape index (κ3) is 7.03. The number of benzene rings is 2. The molecule has 2 rings (SSSR count). The molecule has 0 unspecified atom stereocenters. The molecule has 6 heteroatoms. The predicted molar refractivity (Wildman–Crippen MR) is 98.0 cm³/mol. The molecule has 0 aromatic heterocycles. The normalized spacial score (nSPS) is 10.6. The molecule has 138 valence electrons. The lowest BCUT2D eigenvalue weighted by atomic mass is 10.2. The molecule has 1 N–H and O–H groups in total. The van der Waals surface area contributed by atoms with E-state index in [2.05, 4.69) is 5.32 Å². The Morgan fingerprint density at radius 3 is 2.42 bits per heavy atom. The second-order valence-electron chi connectivity index (χ2n) is 5.81. The summed E-state index contributed by atoms with van der Waals surface area (Å²) in [6.45, 7) is 2.93. The van der Waals surface area contributed by atoms with Gasteiger partial charge in [-0.15, -0.1) is 0 Å². The van der Waals surface area contributed by atoms with Crippen molar-refractivity contribution in [2.75, 3.05) is 25.0 Å². The summed E-state index contributed by atoms with van der Waals surface area (Å²) in [5, 5.41) is 2.82. The lowest BCUT2D eigenvalue weighted by Gasteiger charge is -2.21. The van der Waals surface area contributed by atoms with E-state index in [0.717, 1.165) is 11.3 Å². The highest BCUT2D eigenvalue weighted by Gasteiger charge is 2.14. The molecule has 0 bridgehead atoms. The Labute approximate surface area is 152 Å². The van der Waals surface area contributed by atoms with E-state index in [0.29, 0.717) is 19.7 Å². The van der Waals surface area contributed by atoms with Gasteiger partial charge in [-0.25, -0.2) is 4.39 Å². The average Bonchev–Trinajstić information content (AvgIpc) is 2.62. The molecule has 0 aliphatic rings. The zero-order chi connectivity index (χ0) is 18.8. The van der Waals surface area contributed by atoms with Gasteiger partial charge in [0.2, 0.25) is 5.91 Å². The van der Waals surface area contributed by atoms with Crippen molar-refractivity contribution in [2.45, 2.75) is 19.9 Å². The van der Waals surface area contributed by atoms with Gasteiger partial charge in [0.1, 0.15) is 5.82 Å². The Hall–Kier alpha value is -2.73. The van der Waals surface area contributed by atoms with Gasteiger partial charge < -0.3 is 10.1 Å². The number of hydrogen-bond donors (Lipinski definition) is 1. The van der Waals surface area contributed by atoms with E-state index in [1.54, 1.807) is 19.1 Å². The molecule has 0 atom stereocenters. The van der Waals surface area contributed by atoms with E-state index in [4.69, 9.17) is 4.74 Å². The smallest absolute Gasteiger partial charge is 0.320 e. The largest absolute Gasteiger partial charge is 0.465 e. The summed E-state index contributed by atoms with van der Waals surface area (Å²) >= 11 is 0. The number of ether oxygens (including phenoxy) is 1. The number of anilines is 1. The summed E-state index contributed by atoms with van der Waals surface area (Å²) < 4.78 is 18.0. The summed E-state index contributed by atoms with van der Waals surface area (Å²) in [6, 6.07) is 15.3. The zero-order valence-corrected chi connectivity index (χ0v) is 14.8. The molecule has 0 aliphatic carbocycles. The van der Waals surface area contributed by atoms with Crippen LogP contribution in [0.15, 0.2) is 54.6 Å². The van der Waals surface area contributed by atoms with Crippen LogP contribution in [-0.2, 0) is 20.9 Å². The number of carbonyl (C=O) groups is 2. The van der Waals surface area contributed by atoms with Crippen molar-refractivity contribution in [1.82, 2.24) is 4.90 Å². The van der Waals surface area contributed by atoms with Gasteiger partial charge in [0.25, 0.3) is 0 Å². The number of carbonyl (C=O) groups excluding carboxylic acids is 2. The Morgan fingerprint density at radius 1 is 1.08 bits per heavy atom. The standard InChI is InChI=1S/C20H23FN2O3/c1-2-26-20(25)15-23(14-16-8-10-17(21)11-9-16)13-12-19(24)22-18-6-4-3-5-7-18/h3-11H,2,12-15H2,1H3,(H,22,24). The van der Waals surface area contributed by atoms with Crippen molar-refractivity contribution >= 4 is 17.6 Å². The number of para-hydroxylation sites is 1. The average molecular weight is 358 g/mol. The van der Waals surface area contributed by atoms with Crippen LogP contribution in [-0.4, -0.2) is 36.5 Å². The van der Waals surface area contributed by atoms with Crippen LogP contribution >= 0.6 is 0 Å². The highest BCUT2D eigenvalue weighted by Crippen LogP contribution is 2.09. The van der Waals surface area contributed by atoms with Gasteiger partial charge in [0, 0.05) is 25.2 Å². The van der Waals surface area contributed by atoms with Crippen LogP contribution in [0.2, 0.25) is 0 Å². The van der Waals surface area contributed by atoms with Crippen LogP contribution in [0.1, 0.15) is 18.9 Å². The molecule has 0 saturated heterocycles. The monoisotopic (exact) mass is 358 g/mol. The molecular weight excluding hydrogens is 335 g/mol. The number of nitrogens with zero attached hydrogens (tertiary/aromatic N) is 1. The van der Waals surface area contributed by atoms with Crippen LogP contribution in [0.25, 0.3) is 0 Å². The fourth-order valence-corrected chi connectivity index (χ4v) is 2.46. The van der Waals surface area contributed by atoms with Gasteiger partial charge in [0.05, 0.1) is 13.2 Å². The lowest BCUT2D eigenvalue weighted by molar-refractivity contribution is -0.144. The number of nitrogens with one attached hydrogen (secondary N) is 1. The Bertz CT molecular complexity index is 705. The van der Waals surface area contributed by atoms with Gasteiger partial charge >= 0.3 is 5.97 Å². The van der Waals surface area contributed by atoms with Crippen LogP contribution in [0.3, 0.4) is 0 Å². The molecule has 0 heterocycles. The summed E-state index contributed by atoms with van der Waals surface area (Å²) in [7, 11) is 0. The number of esters is 1. The molecule has 0 saturated carbocycles. The third-order valence-electron chi connectivity index (χ3n) is 3.69. The molecular formula is C20H23FN2O3. The minimum absolute atomic E-state index is 0.0732. The maximum absolute atomic E-state index is 13.1. The minimum Gasteiger partial charge on any atom is -0.465 e. The topological polar surface area (TPSA) is 58.6 Å². The summed E-state index contributed by atoms with van der Waals surface area (Å²) in [5.41, 5.74) is 1.59. The van der Waals surface area contributed by atoms with Crippen LogP contribution in [0.5, 0.6) is 0 Å². The number of hydrogen-bond acceptors (Lipinski definition) is 4. The van der Waals surface area contributed by atoms with Crippen LogP contribution < -0.4 is 5.32 Å². The fraction of sp³-hybridized carbons (Fsp3) is 0.300. The van der Waals surface area contributed by atoms with Gasteiger partial charge in [-0.05, 0) is 36.8 Å². The Balaban J connectivity index is 1.92. The molecule has 2 aromatic rings. The van der Waals surface area contributed by atoms with Gasteiger partial charge in [-0.2, -0.15) is 0 Å². The van der Waals surface area contributed by atoms with Crippen LogP contribution in [0, 0.1) is 5.82 Å². The molecule has 5 nitrogen and oxygen atoms in total. The van der Waals surface area contributed by atoms with E-state index < -0.39 is 0 Å². The SMILES string of the molecule is CCOC(=O)CN(CCC(=O)Nc1ccccc1)Cc1ccc(F)cc1.